The Bertz CT molecular complexity index is 515. The molecule has 0 saturated heterocycles. The predicted molar refractivity (Wildman–Crippen MR) is 58.9 cm³/mol. The molecule has 0 aliphatic carbocycles. The molecule has 1 aromatic carbocycles. The quantitative estimate of drug-likeness (QED) is 0.699. The number of fused-ring (bicyclic) bond motifs is 1. The SMILES string of the molecule is CCc1ncnc2cccc(C(C)=O)c12. The smallest absolute Gasteiger partial charge is 0.160 e. The first-order chi connectivity index (χ1) is 7.24. The highest BCUT2D eigenvalue weighted by molar-refractivity contribution is 6.06. The number of hydrogen-bond donors (Lipinski definition) is 0. The first-order valence-corrected chi connectivity index (χ1v) is 4.97. The zero-order valence-corrected chi connectivity index (χ0v) is 8.82. The molecule has 0 atom stereocenters. The van der Waals surface area contributed by atoms with Crippen molar-refractivity contribution in [3.63, 3.8) is 0 Å². The number of aromatic nitrogens is 2. The fourth-order valence-electron chi connectivity index (χ4n) is 1.74. The van der Waals surface area contributed by atoms with E-state index in [2.05, 4.69) is 9.97 Å². The van der Waals surface area contributed by atoms with Gasteiger partial charge in [0.05, 0.1) is 11.2 Å². The van der Waals surface area contributed by atoms with Crippen molar-refractivity contribution >= 4 is 16.7 Å². The Morgan fingerprint density at radius 3 is 2.80 bits per heavy atom. The van der Waals surface area contributed by atoms with E-state index >= 15 is 0 Å². The summed E-state index contributed by atoms with van der Waals surface area (Å²) in [6.45, 7) is 3.60. The summed E-state index contributed by atoms with van der Waals surface area (Å²) in [7, 11) is 0. The average molecular weight is 200 g/mol. The normalized spacial score (nSPS) is 10.5. The van der Waals surface area contributed by atoms with Crippen LogP contribution in [0, 0.1) is 0 Å². The average Bonchev–Trinajstić information content (AvgIpc) is 2.27. The molecule has 0 radical (unpaired) electrons. The Morgan fingerprint density at radius 1 is 1.33 bits per heavy atom. The largest absolute Gasteiger partial charge is 0.294 e. The molecule has 76 valence electrons. The molecule has 2 rings (SSSR count). The minimum Gasteiger partial charge on any atom is -0.294 e. The molecule has 0 bridgehead atoms. The number of carbonyl (C=O) groups is 1. The summed E-state index contributed by atoms with van der Waals surface area (Å²) in [5.41, 5.74) is 2.49. The summed E-state index contributed by atoms with van der Waals surface area (Å²) < 4.78 is 0. The lowest BCUT2D eigenvalue weighted by Crippen LogP contribution is -1.99. The van der Waals surface area contributed by atoms with Gasteiger partial charge in [-0.3, -0.25) is 4.79 Å². The molecule has 2 aromatic rings. The maximum absolute atomic E-state index is 11.5. The third-order valence-corrected chi connectivity index (χ3v) is 2.46. The molecule has 15 heavy (non-hydrogen) atoms. The zero-order valence-electron chi connectivity index (χ0n) is 8.82. The summed E-state index contributed by atoms with van der Waals surface area (Å²) in [6.07, 6.45) is 2.36. The van der Waals surface area contributed by atoms with E-state index in [4.69, 9.17) is 0 Å². The first-order valence-electron chi connectivity index (χ1n) is 4.97. The zero-order chi connectivity index (χ0) is 10.8. The van der Waals surface area contributed by atoms with E-state index in [1.807, 2.05) is 25.1 Å². The molecular formula is C12H12N2O. The van der Waals surface area contributed by atoms with Crippen LogP contribution in [-0.4, -0.2) is 15.8 Å². The lowest BCUT2D eigenvalue weighted by atomic mass is 10.0. The molecule has 0 fully saturated rings. The molecule has 1 aromatic heterocycles. The highest BCUT2D eigenvalue weighted by Crippen LogP contribution is 2.20. The van der Waals surface area contributed by atoms with Crippen molar-refractivity contribution in [2.75, 3.05) is 0 Å². The van der Waals surface area contributed by atoms with Crippen LogP contribution in [0.5, 0.6) is 0 Å². The van der Waals surface area contributed by atoms with Crippen LogP contribution in [0.15, 0.2) is 24.5 Å². The van der Waals surface area contributed by atoms with E-state index in [1.165, 1.54) is 0 Å². The summed E-state index contributed by atoms with van der Waals surface area (Å²) in [5.74, 6) is 0.0603. The van der Waals surface area contributed by atoms with Crippen LogP contribution in [-0.2, 0) is 6.42 Å². The molecular weight excluding hydrogens is 188 g/mol. The number of benzene rings is 1. The van der Waals surface area contributed by atoms with Gasteiger partial charge in [-0.05, 0) is 19.4 Å². The minimum atomic E-state index is 0.0603. The fraction of sp³-hybridized carbons (Fsp3) is 0.250. The van der Waals surface area contributed by atoms with E-state index in [9.17, 15) is 4.79 Å². The van der Waals surface area contributed by atoms with Gasteiger partial charge in [0.25, 0.3) is 0 Å². The Morgan fingerprint density at radius 2 is 2.13 bits per heavy atom. The van der Waals surface area contributed by atoms with Crippen LogP contribution < -0.4 is 0 Å². The van der Waals surface area contributed by atoms with Crippen molar-refractivity contribution in [3.8, 4) is 0 Å². The number of nitrogens with zero attached hydrogens (tertiary/aromatic N) is 2. The van der Waals surface area contributed by atoms with E-state index in [0.717, 1.165) is 23.0 Å². The van der Waals surface area contributed by atoms with Gasteiger partial charge >= 0.3 is 0 Å². The van der Waals surface area contributed by atoms with Gasteiger partial charge in [-0.25, -0.2) is 9.97 Å². The Labute approximate surface area is 88.2 Å². The van der Waals surface area contributed by atoms with Gasteiger partial charge in [-0.2, -0.15) is 0 Å². The van der Waals surface area contributed by atoms with Crippen molar-refractivity contribution in [1.82, 2.24) is 9.97 Å². The van der Waals surface area contributed by atoms with Crippen LogP contribution in [0.3, 0.4) is 0 Å². The number of rotatable bonds is 2. The molecule has 0 amide bonds. The molecule has 0 aliphatic heterocycles. The van der Waals surface area contributed by atoms with Crippen LogP contribution in [0.2, 0.25) is 0 Å². The van der Waals surface area contributed by atoms with Gasteiger partial charge < -0.3 is 0 Å². The van der Waals surface area contributed by atoms with Crippen molar-refractivity contribution in [2.45, 2.75) is 20.3 Å². The fourth-order valence-corrected chi connectivity index (χ4v) is 1.74. The van der Waals surface area contributed by atoms with Gasteiger partial charge in [0, 0.05) is 10.9 Å². The Balaban J connectivity index is 2.87. The molecule has 0 aliphatic rings. The third kappa shape index (κ3) is 1.61. The van der Waals surface area contributed by atoms with Crippen LogP contribution in [0.1, 0.15) is 29.9 Å². The maximum Gasteiger partial charge on any atom is 0.160 e. The van der Waals surface area contributed by atoms with Gasteiger partial charge in [0.2, 0.25) is 0 Å². The molecule has 3 heteroatoms. The van der Waals surface area contributed by atoms with Crippen LogP contribution in [0.25, 0.3) is 10.9 Å². The number of hydrogen-bond acceptors (Lipinski definition) is 3. The van der Waals surface area contributed by atoms with E-state index < -0.39 is 0 Å². The molecule has 0 unspecified atom stereocenters. The van der Waals surface area contributed by atoms with Crippen LogP contribution >= 0.6 is 0 Å². The highest BCUT2D eigenvalue weighted by atomic mass is 16.1. The number of aryl methyl sites for hydroxylation is 1. The Hall–Kier alpha value is -1.77. The highest BCUT2D eigenvalue weighted by Gasteiger charge is 2.09. The molecule has 1 heterocycles. The van der Waals surface area contributed by atoms with Crippen molar-refractivity contribution in [3.05, 3.63) is 35.8 Å². The lowest BCUT2D eigenvalue weighted by molar-refractivity contribution is 0.101. The number of Topliss-reactive ketones (excluding diaryl/α,β-unsaturated/α-hetero) is 1. The van der Waals surface area contributed by atoms with E-state index in [1.54, 1.807) is 13.3 Å². The van der Waals surface area contributed by atoms with Gasteiger partial charge in [-0.15, -0.1) is 0 Å². The summed E-state index contributed by atoms with van der Waals surface area (Å²) in [6, 6.07) is 5.58. The third-order valence-electron chi connectivity index (χ3n) is 2.46. The molecule has 0 saturated carbocycles. The first kappa shape index (κ1) is 9.77. The predicted octanol–water partition coefficient (Wildman–Crippen LogP) is 2.39. The minimum absolute atomic E-state index is 0.0603. The van der Waals surface area contributed by atoms with Crippen molar-refractivity contribution < 1.29 is 4.79 Å². The van der Waals surface area contributed by atoms with Gasteiger partial charge in [0.1, 0.15) is 6.33 Å². The van der Waals surface area contributed by atoms with Crippen molar-refractivity contribution in [1.29, 1.82) is 0 Å². The van der Waals surface area contributed by atoms with Gasteiger partial charge in [-0.1, -0.05) is 19.1 Å². The maximum atomic E-state index is 11.5. The topological polar surface area (TPSA) is 42.9 Å². The van der Waals surface area contributed by atoms with Crippen LogP contribution in [0.4, 0.5) is 0 Å². The second-order valence-corrected chi connectivity index (χ2v) is 3.43. The molecule has 0 spiro atoms. The summed E-state index contributed by atoms with van der Waals surface area (Å²) >= 11 is 0. The summed E-state index contributed by atoms with van der Waals surface area (Å²) in [5, 5.41) is 0.898. The second kappa shape index (κ2) is 3.77. The Kier molecular flexibility index (Phi) is 2.46. The standard InChI is InChI=1S/C12H12N2O/c1-3-10-12-9(8(2)15)5-4-6-11(12)14-7-13-10/h4-7H,3H2,1-2H3. The van der Waals surface area contributed by atoms with E-state index in [0.29, 0.717) is 5.56 Å². The van der Waals surface area contributed by atoms with Gasteiger partial charge in [0.15, 0.2) is 5.78 Å². The van der Waals surface area contributed by atoms with E-state index in [-0.39, 0.29) is 5.78 Å². The number of carbonyl (C=O) groups excluding carboxylic acids is 1. The summed E-state index contributed by atoms with van der Waals surface area (Å²) in [4.78, 5) is 19.8. The number of ketones is 1. The lowest BCUT2D eigenvalue weighted by Gasteiger charge is -2.06. The van der Waals surface area contributed by atoms with Crippen molar-refractivity contribution in [2.24, 2.45) is 0 Å². The monoisotopic (exact) mass is 200 g/mol. The second-order valence-electron chi connectivity index (χ2n) is 3.43. The molecule has 0 N–H and O–H groups in total. The molecule has 3 nitrogen and oxygen atoms in total.